The molecule has 32 heavy (non-hydrogen) atoms. The largest absolute Gasteiger partial charge is 0.489 e. The lowest BCUT2D eigenvalue weighted by Gasteiger charge is -2.24. The molecule has 1 amide bonds. The quantitative estimate of drug-likeness (QED) is 0.275. The predicted octanol–water partition coefficient (Wildman–Crippen LogP) is 5.75. The Morgan fingerprint density at radius 2 is 1.78 bits per heavy atom. The third-order valence-electron chi connectivity index (χ3n) is 5.48. The Hall–Kier alpha value is -4.13. The van der Waals surface area contributed by atoms with Gasteiger partial charge in [0.05, 0.1) is 11.0 Å². The van der Waals surface area contributed by atoms with Crippen LogP contribution in [0.2, 0.25) is 0 Å². The molecule has 4 rings (SSSR count). The van der Waals surface area contributed by atoms with Gasteiger partial charge in [0.2, 0.25) is 0 Å². The van der Waals surface area contributed by atoms with E-state index in [1.807, 2.05) is 61.5 Å². The summed E-state index contributed by atoms with van der Waals surface area (Å²) in [5.74, 6) is 0.559. The molecule has 7 nitrogen and oxygen atoms in total. The summed E-state index contributed by atoms with van der Waals surface area (Å²) in [4.78, 5) is 25.6. The van der Waals surface area contributed by atoms with Crippen LogP contribution in [-0.4, -0.2) is 22.8 Å². The maximum absolute atomic E-state index is 13.4. The topological polar surface area (TPSA) is 85.8 Å². The first kappa shape index (κ1) is 21.1. The monoisotopic (exact) mass is 430 g/mol. The second-order valence-electron chi connectivity index (χ2n) is 7.45. The number of nitrogens with zero attached hydrogens (tertiary/aromatic N) is 2. The summed E-state index contributed by atoms with van der Waals surface area (Å²) in [6.45, 7) is 1.99. The molecule has 1 aromatic heterocycles. The molecule has 3 aromatic carbocycles. The first-order valence-corrected chi connectivity index (χ1v) is 10.2. The molecule has 162 valence electrons. The fraction of sp³-hybridized carbons (Fsp3) is 0.160. The first-order chi connectivity index (χ1) is 15.5. The van der Waals surface area contributed by atoms with Gasteiger partial charge in [-0.05, 0) is 30.7 Å². The molecule has 0 N–H and O–H groups in total. The van der Waals surface area contributed by atoms with E-state index in [-0.39, 0.29) is 24.0 Å². The number of hydrogen-bond acceptors (Lipinski definition) is 5. The van der Waals surface area contributed by atoms with Gasteiger partial charge in [0.25, 0.3) is 11.6 Å². The molecule has 1 unspecified atom stereocenters. The van der Waals surface area contributed by atoms with Crippen molar-refractivity contribution < 1.29 is 18.9 Å². The Morgan fingerprint density at radius 1 is 1.06 bits per heavy atom. The fourth-order valence-corrected chi connectivity index (χ4v) is 3.54. The van der Waals surface area contributed by atoms with Crippen LogP contribution in [0.15, 0.2) is 83.3 Å². The van der Waals surface area contributed by atoms with Gasteiger partial charge in [0.15, 0.2) is 5.76 Å². The minimum atomic E-state index is -0.448. The van der Waals surface area contributed by atoms with Crippen LogP contribution in [0.5, 0.6) is 5.75 Å². The number of nitro benzene ring substituents is 1. The van der Waals surface area contributed by atoms with E-state index < -0.39 is 11.0 Å². The van der Waals surface area contributed by atoms with Gasteiger partial charge in [-0.25, -0.2) is 0 Å². The average molecular weight is 430 g/mol. The fourth-order valence-electron chi connectivity index (χ4n) is 3.54. The molecule has 0 fully saturated rings. The zero-order valence-electron chi connectivity index (χ0n) is 17.7. The zero-order chi connectivity index (χ0) is 22.7. The van der Waals surface area contributed by atoms with Crippen molar-refractivity contribution in [1.29, 1.82) is 0 Å². The molecule has 0 radical (unpaired) electrons. The molecule has 0 aliphatic heterocycles. The summed E-state index contributed by atoms with van der Waals surface area (Å²) in [6.07, 6.45) is 0. The Labute approximate surface area is 185 Å². The smallest absolute Gasteiger partial charge is 0.290 e. The van der Waals surface area contributed by atoms with Crippen molar-refractivity contribution >= 4 is 22.6 Å². The molecule has 1 atom stereocenters. The van der Waals surface area contributed by atoms with Crippen LogP contribution < -0.4 is 4.74 Å². The second kappa shape index (κ2) is 8.93. The van der Waals surface area contributed by atoms with Crippen LogP contribution in [0.1, 0.15) is 34.6 Å². The Morgan fingerprint density at radius 3 is 2.53 bits per heavy atom. The van der Waals surface area contributed by atoms with Crippen LogP contribution in [-0.2, 0) is 6.61 Å². The molecule has 1 heterocycles. The van der Waals surface area contributed by atoms with Crippen LogP contribution in [0.3, 0.4) is 0 Å². The van der Waals surface area contributed by atoms with Gasteiger partial charge >= 0.3 is 0 Å². The Bertz CT molecular complexity index is 1270. The van der Waals surface area contributed by atoms with Crippen molar-refractivity contribution in [3.63, 3.8) is 0 Å². The van der Waals surface area contributed by atoms with Crippen LogP contribution >= 0.6 is 0 Å². The Balaban J connectivity index is 1.65. The number of carbonyl (C=O) groups excluding carboxylic acids is 1. The molecule has 7 heteroatoms. The molecule has 0 aliphatic rings. The SMILES string of the molecule is CC(c1cccc([N+](=O)[O-])c1)N(C)C(=O)c1oc2ccccc2c1COc1ccccc1. The Kier molecular flexibility index (Phi) is 5.89. The molecule has 0 saturated heterocycles. The number of furan rings is 1. The summed E-state index contributed by atoms with van der Waals surface area (Å²) in [7, 11) is 1.65. The van der Waals surface area contributed by atoms with Crippen LogP contribution in [0.4, 0.5) is 5.69 Å². The number of carbonyl (C=O) groups is 1. The number of ether oxygens (including phenoxy) is 1. The molecule has 0 spiro atoms. The zero-order valence-corrected chi connectivity index (χ0v) is 17.7. The van der Waals surface area contributed by atoms with Crippen molar-refractivity contribution in [3.8, 4) is 5.75 Å². The van der Waals surface area contributed by atoms with Gasteiger partial charge in [-0.15, -0.1) is 0 Å². The summed E-state index contributed by atoms with van der Waals surface area (Å²) in [6, 6.07) is 22.7. The molecule has 0 saturated carbocycles. The number of non-ortho nitro benzene ring substituents is 1. The van der Waals surface area contributed by atoms with Crippen LogP contribution in [0, 0.1) is 10.1 Å². The third-order valence-corrected chi connectivity index (χ3v) is 5.48. The van der Waals surface area contributed by atoms with Gasteiger partial charge in [0.1, 0.15) is 17.9 Å². The average Bonchev–Trinajstić information content (AvgIpc) is 3.20. The molecule has 0 bridgehead atoms. The van der Waals surface area contributed by atoms with Crippen molar-refractivity contribution in [2.24, 2.45) is 0 Å². The standard InChI is InChI=1S/C25H22N2O5/c1-17(18-9-8-10-19(15-18)27(29)30)26(2)25(28)24-22(16-31-20-11-4-3-5-12-20)21-13-6-7-14-23(21)32-24/h3-15,17H,16H2,1-2H3. The number of amides is 1. The van der Waals surface area contributed by atoms with E-state index in [1.54, 1.807) is 19.2 Å². The molecular formula is C25H22N2O5. The van der Waals surface area contributed by atoms with Crippen molar-refractivity contribution in [1.82, 2.24) is 4.90 Å². The van der Waals surface area contributed by atoms with Crippen molar-refractivity contribution in [2.75, 3.05) is 7.05 Å². The number of benzene rings is 3. The highest BCUT2D eigenvalue weighted by atomic mass is 16.6. The van der Waals surface area contributed by atoms with Gasteiger partial charge in [0, 0.05) is 30.1 Å². The van der Waals surface area contributed by atoms with Gasteiger partial charge < -0.3 is 14.1 Å². The number of rotatable bonds is 7. The summed E-state index contributed by atoms with van der Waals surface area (Å²) in [5, 5.41) is 11.9. The molecule has 0 aliphatic carbocycles. The van der Waals surface area contributed by atoms with E-state index >= 15 is 0 Å². The minimum absolute atomic E-state index is 0.0177. The maximum Gasteiger partial charge on any atom is 0.290 e. The third kappa shape index (κ3) is 4.18. The van der Waals surface area contributed by atoms with Crippen molar-refractivity contribution in [2.45, 2.75) is 19.6 Å². The predicted molar refractivity (Wildman–Crippen MR) is 121 cm³/mol. The van der Waals surface area contributed by atoms with E-state index in [0.717, 1.165) is 5.39 Å². The number of para-hydroxylation sites is 2. The first-order valence-electron chi connectivity index (χ1n) is 10.2. The van der Waals surface area contributed by atoms with Gasteiger partial charge in [-0.2, -0.15) is 0 Å². The van der Waals surface area contributed by atoms with Gasteiger partial charge in [-0.3, -0.25) is 14.9 Å². The van der Waals surface area contributed by atoms with Crippen LogP contribution in [0.25, 0.3) is 11.0 Å². The highest BCUT2D eigenvalue weighted by Crippen LogP contribution is 2.31. The number of nitro groups is 1. The second-order valence-corrected chi connectivity index (χ2v) is 7.45. The van der Waals surface area contributed by atoms with E-state index in [0.29, 0.717) is 22.5 Å². The lowest BCUT2D eigenvalue weighted by atomic mass is 10.1. The molecule has 4 aromatic rings. The highest BCUT2D eigenvalue weighted by Gasteiger charge is 2.27. The number of hydrogen-bond donors (Lipinski definition) is 0. The normalized spacial score (nSPS) is 11.8. The van der Waals surface area contributed by atoms with Gasteiger partial charge in [-0.1, -0.05) is 48.5 Å². The summed E-state index contributed by atoms with van der Waals surface area (Å²) < 4.78 is 11.8. The summed E-state index contributed by atoms with van der Waals surface area (Å²) >= 11 is 0. The minimum Gasteiger partial charge on any atom is -0.489 e. The van der Waals surface area contributed by atoms with E-state index in [1.165, 1.54) is 17.0 Å². The van der Waals surface area contributed by atoms with E-state index in [4.69, 9.17) is 9.15 Å². The maximum atomic E-state index is 13.4. The van der Waals surface area contributed by atoms with E-state index in [9.17, 15) is 14.9 Å². The summed E-state index contributed by atoms with van der Waals surface area (Å²) in [5.41, 5.74) is 1.90. The highest BCUT2D eigenvalue weighted by molar-refractivity contribution is 5.99. The lowest BCUT2D eigenvalue weighted by Crippen LogP contribution is -2.30. The van der Waals surface area contributed by atoms with E-state index in [2.05, 4.69) is 0 Å². The number of fused-ring (bicyclic) bond motifs is 1. The lowest BCUT2D eigenvalue weighted by molar-refractivity contribution is -0.384. The van der Waals surface area contributed by atoms with Crippen molar-refractivity contribution in [3.05, 3.63) is 106 Å². The molecular weight excluding hydrogens is 408 g/mol.